The number of hydrogen-bond acceptors (Lipinski definition) is 7. The van der Waals surface area contributed by atoms with Crippen molar-refractivity contribution in [2.24, 2.45) is 0 Å². The minimum Gasteiger partial charge on any atom is -0.261 e. The fourth-order valence-corrected chi connectivity index (χ4v) is 3.44. The smallest absolute Gasteiger partial charge is 0.116 e. The SMILES string of the molecule is N#CCSc1nc(-c2cnccn2)cc(-c2cccs2)c1C#N. The Morgan fingerprint density at radius 2 is 2.13 bits per heavy atom. The summed E-state index contributed by atoms with van der Waals surface area (Å²) in [6.07, 6.45) is 4.83. The van der Waals surface area contributed by atoms with Gasteiger partial charge < -0.3 is 0 Å². The molecule has 3 aromatic heterocycles. The van der Waals surface area contributed by atoms with E-state index in [0.717, 1.165) is 10.4 Å². The second-order valence-corrected chi connectivity index (χ2v) is 6.27. The molecule has 7 heteroatoms. The van der Waals surface area contributed by atoms with Crippen molar-refractivity contribution in [1.29, 1.82) is 10.5 Å². The quantitative estimate of drug-likeness (QED) is 0.675. The first-order valence-corrected chi connectivity index (χ1v) is 8.45. The number of aromatic nitrogens is 3. The zero-order chi connectivity index (χ0) is 16.1. The molecule has 0 atom stereocenters. The van der Waals surface area contributed by atoms with Crippen molar-refractivity contribution in [3.8, 4) is 34.0 Å². The summed E-state index contributed by atoms with van der Waals surface area (Å²) in [5.41, 5.74) is 2.56. The summed E-state index contributed by atoms with van der Waals surface area (Å²) >= 11 is 2.81. The summed E-state index contributed by atoms with van der Waals surface area (Å²) < 4.78 is 0. The maximum absolute atomic E-state index is 9.55. The van der Waals surface area contributed by atoms with Gasteiger partial charge in [0.15, 0.2) is 0 Å². The Labute approximate surface area is 141 Å². The van der Waals surface area contributed by atoms with E-state index in [4.69, 9.17) is 5.26 Å². The van der Waals surface area contributed by atoms with Gasteiger partial charge in [-0.2, -0.15) is 10.5 Å². The van der Waals surface area contributed by atoms with E-state index in [1.807, 2.05) is 23.6 Å². The van der Waals surface area contributed by atoms with Gasteiger partial charge in [-0.3, -0.25) is 9.97 Å². The number of nitrogens with zero attached hydrogens (tertiary/aromatic N) is 5. The highest BCUT2D eigenvalue weighted by Crippen LogP contribution is 2.35. The first kappa shape index (κ1) is 15.2. The molecule has 0 bridgehead atoms. The number of thioether (sulfide) groups is 1. The minimum atomic E-state index is 0.232. The molecule has 0 saturated carbocycles. The molecule has 0 amide bonds. The second-order valence-electron chi connectivity index (χ2n) is 4.36. The lowest BCUT2D eigenvalue weighted by Crippen LogP contribution is -1.96. The average molecular weight is 335 g/mol. The van der Waals surface area contributed by atoms with E-state index in [1.165, 1.54) is 11.8 Å². The molecule has 0 aliphatic carbocycles. The highest BCUT2D eigenvalue weighted by atomic mass is 32.2. The summed E-state index contributed by atoms with van der Waals surface area (Å²) in [4.78, 5) is 13.8. The Morgan fingerprint density at radius 3 is 2.78 bits per heavy atom. The summed E-state index contributed by atoms with van der Waals surface area (Å²) in [5, 5.41) is 20.9. The molecule has 0 aliphatic heterocycles. The molecular formula is C16H9N5S2. The van der Waals surface area contributed by atoms with E-state index >= 15 is 0 Å². The lowest BCUT2D eigenvalue weighted by atomic mass is 10.1. The van der Waals surface area contributed by atoms with E-state index in [1.54, 1.807) is 29.9 Å². The van der Waals surface area contributed by atoms with E-state index < -0.39 is 0 Å². The molecule has 0 aliphatic rings. The van der Waals surface area contributed by atoms with Crippen LogP contribution in [0.5, 0.6) is 0 Å². The van der Waals surface area contributed by atoms with Crippen LogP contribution in [-0.4, -0.2) is 20.7 Å². The normalized spacial score (nSPS) is 10.0. The molecule has 0 unspecified atom stereocenters. The maximum Gasteiger partial charge on any atom is 0.116 e. The lowest BCUT2D eigenvalue weighted by Gasteiger charge is -2.09. The van der Waals surface area contributed by atoms with Gasteiger partial charge in [0.1, 0.15) is 16.8 Å². The number of hydrogen-bond donors (Lipinski definition) is 0. The number of nitriles is 2. The van der Waals surface area contributed by atoms with Crippen molar-refractivity contribution >= 4 is 23.1 Å². The minimum absolute atomic E-state index is 0.232. The standard InChI is InChI=1S/C16H9N5S2/c17-3-7-23-16-12(9-18)11(15-2-1-6-22-15)8-13(21-16)14-10-19-4-5-20-14/h1-2,4-6,8,10H,7H2. The van der Waals surface area contributed by atoms with Crippen molar-refractivity contribution in [3.63, 3.8) is 0 Å². The van der Waals surface area contributed by atoms with E-state index in [-0.39, 0.29) is 5.75 Å². The van der Waals surface area contributed by atoms with Crippen LogP contribution in [0.15, 0.2) is 47.2 Å². The van der Waals surface area contributed by atoms with E-state index in [9.17, 15) is 5.26 Å². The fourth-order valence-electron chi connectivity index (χ4n) is 2.02. The summed E-state index contributed by atoms with van der Waals surface area (Å²) in [5.74, 6) is 0.232. The molecule has 0 spiro atoms. The van der Waals surface area contributed by atoms with Crippen molar-refractivity contribution < 1.29 is 0 Å². The van der Waals surface area contributed by atoms with Crippen LogP contribution in [0.2, 0.25) is 0 Å². The van der Waals surface area contributed by atoms with Crippen molar-refractivity contribution in [2.75, 3.05) is 5.75 Å². The third-order valence-electron chi connectivity index (χ3n) is 2.98. The molecule has 3 heterocycles. The zero-order valence-electron chi connectivity index (χ0n) is 11.8. The van der Waals surface area contributed by atoms with Gasteiger partial charge in [0.25, 0.3) is 0 Å². The van der Waals surface area contributed by atoms with Crippen LogP contribution >= 0.6 is 23.1 Å². The monoisotopic (exact) mass is 335 g/mol. The zero-order valence-corrected chi connectivity index (χ0v) is 13.4. The van der Waals surface area contributed by atoms with E-state index in [2.05, 4.69) is 27.1 Å². The highest BCUT2D eigenvalue weighted by Gasteiger charge is 2.16. The predicted molar refractivity (Wildman–Crippen MR) is 89.6 cm³/mol. The van der Waals surface area contributed by atoms with Crippen LogP contribution in [0.3, 0.4) is 0 Å². The van der Waals surface area contributed by atoms with Crippen LogP contribution < -0.4 is 0 Å². The number of pyridine rings is 1. The fraction of sp³-hybridized carbons (Fsp3) is 0.0625. The number of thiophene rings is 1. The van der Waals surface area contributed by atoms with Crippen molar-refractivity contribution in [1.82, 2.24) is 15.0 Å². The molecule has 23 heavy (non-hydrogen) atoms. The van der Waals surface area contributed by atoms with Crippen LogP contribution in [0.4, 0.5) is 0 Å². The average Bonchev–Trinajstić information content (AvgIpc) is 3.14. The molecule has 0 aromatic carbocycles. The third-order valence-corrected chi connectivity index (χ3v) is 4.73. The lowest BCUT2D eigenvalue weighted by molar-refractivity contribution is 1.09. The third kappa shape index (κ3) is 3.21. The molecule has 3 rings (SSSR count). The van der Waals surface area contributed by atoms with Crippen LogP contribution in [0, 0.1) is 22.7 Å². The molecule has 0 N–H and O–H groups in total. The Balaban J connectivity index is 2.21. The first-order valence-electron chi connectivity index (χ1n) is 6.58. The molecule has 5 nitrogen and oxygen atoms in total. The molecule has 110 valence electrons. The van der Waals surface area contributed by atoms with Gasteiger partial charge >= 0.3 is 0 Å². The van der Waals surface area contributed by atoms with Gasteiger partial charge in [-0.05, 0) is 17.5 Å². The van der Waals surface area contributed by atoms with Crippen LogP contribution in [0.1, 0.15) is 5.56 Å². The molecule has 0 saturated heterocycles. The Bertz CT molecular complexity index is 893. The van der Waals surface area contributed by atoms with Gasteiger partial charge in [0.05, 0.1) is 29.3 Å². The summed E-state index contributed by atoms with van der Waals surface area (Å²) in [6, 6.07) is 10.0. The van der Waals surface area contributed by atoms with Gasteiger partial charge in [0.2, 0.25) is 0 Å². The molecule has 0 fully saturated rings. The van der Waals surface area contributed by atoms with Crippen molar-refractivity contribution in [2.45, 2.75) is 5.03 Å². The molecule has 0 radical (unpaired) electrons. The van der Waals surface area contributed by atoms with Crippen LogP contribution in [-0.2, 0) is 0 Å². The van der Waals surface area contributed by atoms with Gasteiger partial charge in [-0.1, -0.05) is 17.8 Å². The first-order chi connectivity index (χ1) is 11.3. The predicted octanol–water partition coefficient (Wildman–Crippen LogP) is 3.75. The largest absolute Gasteiger partial charge is 0.261 e. The Hall–Kier alpha value is -2.74. The van der Waals surface area contributed by atoms with Crippen LogP contribution in [0.25, 0.3) is 21.8 Å². The second kappa shape index (κ2) is 7.01. The maximum atomic E-state index is 9.55. The van der Waals surface area contributed by atoms with Gasteiger partial charge in [-0.15, -0.1) is 11.3 Å². The summed E-state index contributed by atoms with van der Waals surface area (Å²) in [7, 11) is 0. The van der Waals surface area contributed by atoms with Gasteiger partial charge in [0, 0.05) is 22.8 Å². The van der Waals surface area contributed by atoms with E-state index in [0.29, 0.717) is 22.0 Å². The molecule has 3 aromatic rings. The Morgan fingerprint density at radius 1 is 1.22 bits per heavy atom. The van der Waals surface area contributed by atoms with Crippen molar-refractivity contribution in [3.05, 3.63) is 47.7 Å². The molecular weight excluding hydrogens is 326 g/mol. The highest BCUT2D eigenvalue weighted by molar-refractivity contribution is 7.99. The topological polar surface area (TPSA) is 86.2 Å². The van der Waals surface area contributed by atoms with Gasteiger partial charge in [-0.25, -0.2) is 4.98 Å². The number of rotatable bonds is 4. The Kier molecular flexibility index (Phi) is 4.62. The summed E-state index contributed by atoms with van der Waals surface area (Å²) in [6.45, 7) is 0.